The molecular weight excluding hydrogens is 220 g/mol. The summed E-state index contributed by atoms with van der Waals surface area (Å²) in [4.78, 5) is 10.2. The molecule has 0 atom stereocenters. The average Bonchev–Trinajstić information content (AvgIpc) is 2.56. The van der Waals surface area contributed by atoms with Gasteiger partial charge < -0.3 is 0 Å². The Kier molecular flexibility index (Phi) is 3.03. The van der Waals surface area contributed by atoms with E-state index in [1.165, 1.54) is 0 Å². The lowest BCUT2D eigenvalue weighted by molar-refractivity contribution is -0.316. The average molecular weight is 236 g/mol. The Bertz CT molecular complexity index is 307. The molecule has 2 rings (SSSR count). The van der Waals surface area contributed by atoms with Gasteiger partial charge in [-0.15, -0.1) is 0 Å². The van der Waals surface area contributed by atoms with Gasteiger partial charge in [0.15, 0.2) is 0 Å². The molecule has 88 valence electrons. The van der Waals surface area contributed by atoms with Crippen LogP contribution in [0.15, 0.2) is 0 Å². The van der Waals surface area contributed by atoms with E-state index in [1.54, 1.807) is 0 Å². The quantitative estimate of drug-likeness (QED) is 0.528. The molecule has 0 amide bonds. The first kappa shape index (κ1) is 11.3. The van der Waals surface area contributed by atoms with E-state index in [0.717, 1.165) is 38.4 Å². The van der Waals surface area contributed by atoms with E-state index in [-0.39, 0.29) is 11.7 Å². The van der Waals surface area contributed by atoms with Crippen molar-refractivity contribution in [3.63, 3.8) is 0 Å². The topological polar surface area (TPSA) is 61.8 Å². The zero-order valence-corrected chi connectivity index (χ0v) is 9.59. The van der Waals surface area contributed by atoms with Crippen LogP contribution in [-0.4, -0.2) is 33.0 Å². The molecule has 1 heterocycles. The van der Waals surface area contributed by atoms with E-state index in [4.69, 9.17) is 14.0 Å². The van der Waals surface area contributed by atoms with E-state index in [1.807, 2.05) is 0 Å². The van der Waals surface area contributed by atoms with Crippen molar-refractivity contribution in [2.24, 2.45) is 0 Å². The van der Waals surface area contributed by atoms with Gasteiger partial charge in [-0.3, -0.25) is 4.18 Å². The monoisotopic (exact) mass is 236 g/mol. The van der Waals surface area contributed by atoms with Crippen LogP contribution in [0.3, 0.4) is 0 Å². The minimum Gasteiger partial charge on any atom is -0.267 e. The van der Waals surface area contributed by atoms with Gasteiger partial charge in [-0.05, 0) is 25.7 Å². The van der Waals surface area contributed by atoms with Gasteiger partial charge in [0.1, 0.15) is 5.60 Å². The molecular formula is C9H16O5S. The van der Waals surface area contributed by atoms with E-state index < -0.39 is 10.1 Å². The second-order valence-electron chi connectivity index (χ2n) is 4.34. The molecule has 0 unspecified atom stereocenters. The molecule has 0 N–H and O–H groups in total. The molecule has 15 heavy (non-hydrogen) atoms. The third kappa shape index (κ3) is 2.90. The largest absolute Gasteiger partial charge is 0.267 e. The molecule has 2 aliphatic rings. The second kappa shape index (κ2) is 4.01. The Morgan fingerprint density at radius 1 is 1.27 bits per heavy atom. The van der Waals surface area contributed by atoms with Crippen LogP contribution in [0, 0.1) is 0 Å². The SMILES string of the molecule is CS(=O)(=O)OC1CCC2(CCOO2)CC1. The van der Waals surface area contributed by atoms with Crippen LogP contribution in [0.2, 0.25) is 0 Å². The molecule has 5 nitrogen and oxygen atoms in total. The Labute approximate surface area is 89.8 Å². The molecule has 0 aromatic rings. The van der Waals surface area contributed by atoms with Gasteiger partial charge in [-0.2, -0.15) is 8.42 Å². The molecule has 6 heteroatoms. The summed E-state index contributed by atoms with van der Waals surface area (Å²) in [5.74, 6) is 0. The van der Waals surface area contributed by atoms with E-state index in [2.05, 4.69) is 0 Å². The smallest absolute Gasteiger partial charge is 0.264 e. The standard InChI is InChI=1S/C9H16O5S/c1-15(10,11)13-8-2-4-9(5-3-8)6-7-12-14-9/h8H,2-7H2,1H3. The van der Waals surface area contributed by atoms with Gasteiger partial charge >= 0.3 is 0 Å². The van der Waals surface area contributed by atoms with Gasteiger partial charge in [0.05, 0.1) is 19.0 Å². The molecule has 1 spiro atoms. The van der Waals surface area contributed by atoms with E-state index >= 15 is 0 Å². The van der Waals surface area contributed by atoms with Crippen molar-refractivity contribution < 1.29 is 22.4 Å². The highest BCUT2D eigenvalue weighted by atomic mass is 32.2. The fourth-order valence-corrected chi connectivity index (χ4v) is 2.92. The van der Waals surface area contributed by atoms with Crippen LogP contribution in [-0.2, 0) is 24.1 Å². The van der Waals surface area contributed by atoms with Crippen LogP contribution in [0.5, 0.6) is 0 Å². The molecule has 1 saturated heterocycles. The minimum atomic E-state index is -3.33. The molecule has 0 radical (unpaired) electrons. The molecule has 1 aliphatic carbocycles. The van der Waals surface area contributed by atoms with Gasteiger partial charge in [0.2, 0.25) is 0 Å². The normalized spacial score (nSPS) is 37.3. The lowest BCUT2D eigenvalue weighted by atomic mass is 9.82. The van der Waals surface area contributed by atoms with Crippen molar-refractivity contribution >= 4 is 10.1 Å². The Hall–Kier alpha value is -0.170. The van der Waals surface area contributed by atoms with Gasteiger partial charge in [-0.1, -0.05) is 0 Å². The molecule has 0 aromatic heterocycles. The highest BCUT2D eigenvalue weighted by Gasteiger charge is 2.41. The predicted molar refractivity (Wildman–Crippen MR) is 52.6 cm³/mol. The third-order valence-corrected chi connectivity index (χ3v) is 3.65. The lowest BCUT2D eigenvalue weighted by Crippen LogP contribution is -2.36. The van der Waals surface area contributed by atoms with Crippen molar-refractivity contribution in [2.45, 2.75) is 43.8 Å². The molecule has 1 saturated carbocycles. The lowest BCUT2D eigenvalue weighted by Gasteiger charge is -2.33. The van der Waals surface area contributed by atoms with E-state index in [0.29, 0.717) is 6.61 Å². The molecule has 1 aliphatic heterocycles. The van der Waals surface area contributed by atoms with Crippen LogP contribution in [0.25, 0.3) is 0 Å². The molecule has 0 bridgehead atoms. The number of hydrogen-bond donors (Lipinski definition) is 0. The fraction of sp³-hybridized carbons (Fsp3) is 1.00. The first-order chi connectivity index (χ1) is 6.99. The van der Waals surface area contributed by atoms with E-state index in [9.17, 15) is 8.42 Å². The maximum absolute atomic E-state index is 10.9. The summed E-state index contributed by atoms with van der Waals surface area (Å²) < 4.78 is 26.8. The Morgan fingerprint density at radius 2 is 1.93 bits per heavy atom. The highest BCUT2D eigenvalue weighted by Crippen LogP contribution is 2.39. The zero-order valence-electron chi connectivity index (χ0n) is 8.77. The maximum Gasteiger partial charge on any atom is 0.264 e. The first-order valence-corrected chi connectivity index (χ1v) is 7.00. The summed E-state index contributed by atoms with van der Waals surface area (Å²) in [5, 5.41) is 0. The summed E-state index contributed by atoms with van der Waals surface area (Å²) in [6, 6.07) is 0. The summed E-state index contributed by atoms with van der Waals surface area (Å²) in [5.41, 5.74) is -0.169. The maximum atomic E-state index is 10.9. The number of hydrogen-bond acceptors (Lipinski definition) is 5. The van der Waals surface area contributed by atoms with Crippen LogP contribution in [0.1, 0.15) is 32.1 Å². The summed E-state index contributed by atoms with van der Waals surface area (Å²) in [6.45, 7) is 0.637. The Morgan fingerprint density at radius 3 is 2.40 bits per heavy atom. The van der Waals surface area contributed by atoms with Gasteiger partial charge in [0, 0.05) is 6.42 Å². The zero-order chi connectivity index (χ0) is 10.9. The molecule has 0 aromatic carbocycles. The summed E-state index contributed by atoms with van der Waals surface area (Å²) >= 11 is 0. The fourth-order valence-electron chi connectivity index (χ4n) is 2.23. The predicted octanol–water partition coefficient (Wildman–Crippen LogP) is 0.996. The summed E-state index contributed by atoms with van der Waals surface area (Å²) in [6.07, 6.45) is 4.87. The van der Waals surface area contributed by atoms with Crippen molar-refractivity contribution in [3.8, 4) is 0 Å². The minimum absolute atomic E-state index is 0.169. The first-order valence-electron chi connectivity index (χ1n) is 5.18. The van der Waals surface area contributed by atoms with Crippen molar-refractivity contribution in [3.05, 3.63) is 0 Å². The van der Waals surface area contributed by atoms with Gasteiger partial charge in [-0.25, -0.2) is 9.78 Å². The van der Waals surface area contributed by atoms with Crippen LogP contribution < -0.4 is 0 Å². The Balaban J connectivity index is 1.87. The second-order valence-corrected chi connectivity index (χ2v) is 5.94. The van der Waals surface area contributed by atoms with Gasteiger partial charge in [0.25, 0.3) is 10.1 Å². The van der Waals surface area contributed by atoms with Crippen molar-refractivity contribution in [2.75, 3.05) is 12.9 Å². The van der Waals surface area contributed by atoms with Crippen LogP contribution >= 0.6 is 0 Å². The van der Waals surface area contributed by atoms with Crippen molar-refractivity contribution in [1.29, 1.82) is 0 Å². The highest BCUT2D eigenvalue weighted by molar-refractivity contribution is 7.86. The van der Waals surface area contributed by atoms with Crippen LogP contribution in [0.4, 0.5) is 0 Å². The molecule has 2 fully saturated rings. The van der Waals surface area contributed by atoms with Crippen molar-refractivity contribution in [1.82, 2.24) is 0 Å². The summed E-state index contributed by atoms with van der Waals surface area (Å²) in [7, 11) is -3.33. The number of rotatable bonds is 2. The third-order valence-electron chi connectivity index (χ3n) is 3.03.